The molecule has 1 amide bonds. The zero-order valence-electron chi connectivity index (χ0n) is 14.7. The number of nitrogens with zero attached hydrogens (tertiary/aromatic N) is 2. The molecule has 0 bridgehead atoms. The lowest BCUT2D eigenvalue weighted by Gasteiger charge is -2.33. The minimum absolute atomic E-state index is 0.246. The lowest BCUT2D eigenvalue weighted by atomic mass is 10.1. The summed E-state index contributed by atoms with van der Waals surface area (Å²) in [5, 5.41) is 18.6. The number of H-pyrrole nitrogens is 1. The molecule has 0 fully saturated rings. The van der Waals surface area contributed by atoms with Crippen LogP contribution >= 0.6 is 0 Å². The van der Waals surface area contributed by atoms with Crippen LogP contribution in [0.3, 0.4) is 0 Å². The van der Waals surface area contributed by atoms with Crippen molar-refractivity contribution in [3.63, 3.8) is 0 Å². The van der Waals surface area contributed by atoms with E-state index in [0.717, 1.165) is 18.5 Å². The van der Waals surface area contributed by atoms with E-state index in [0.29, 0.717) is 18.7 Å². The third kappa shape index (κ3) is 5.37. The molecule has 8 heteroatoms. The van der Waals surface area contributed by atoms with E-state index < -0.39 is 17.4 Å². The van der Waals surface area contributed by atoms with Crippen molar-refractivity contribution < 1.29 is 14.3 Å². The third-order valence-corrected chi connectivity index (χ3v) is 3.73. The Balaban J connectivity index is 1.82. The van der Waals surface area contributed by atoms with Crippen LogP contribution in [0.5, 0.6) is 0 Å². The lowest BCUT2D eigenvalue weighted by molar-refractivity contribution is 0.0993. The predicted octanol–water partition coefficient (Wildman–Crippen LogP) is 3.00. The molecule has 0 aliphatic heterocycles. The Morgan fingerprint density at radius 2 is 2.12 bits per heavy atom. The summed E-state index contributed by atoms with van der Waals surface area (Å²) in [5.74, 6) is -0.342. The SMILES string of the molecule is CC(C)(C)N(CCCCNc1cccc(-c2n[nH]c(=O)o2)c1)C(=O)O. The molecule has 0 saturated carbocycles. The summed E-state index contributed by atoms with van der Waals surface area (Å²) in [7, 11) is 0. The van der Waals surface area contributed by atoms with Gasteiger partial charge < -0.3 is 19.7 Å². The summed E-state index contributed by atoms with van der Waals surface area (Å²) >= 11 is 0. The molecule has 0 radical (unpaired) electrons. The minimum Gasteiger partial charge on any atom is -0.465 e. The number of amides is 1. The highest BCUT2D eigenvalue weighted by Gasteiger charge is 2.25. The number of unbranched alkanes of at least 4 members (excludes halogenated alkanes) is 1. The maximum absolute atomic E-state index is 11.3. The second kappa shape index (κ2) is 7.87. The van der Waals surface area contributed by atoms with Crippen molar-refractivity contribution in [2.75, 3.05) is 18.4 Å². The van der Waals surface area contributed by atoms with E-state index in [1.807, 2.05) is 39.0 Å². The molecule has 0 atom stereocenters. The van der Waals surface area contributed by atoms with Crippen LogP contribution in [-0.2, 0) is 0 Å². The fourth-order valence-corrected chi connectivity index (χ4v) is 2.46. The number of aromatic nitrogens is 2. The van der Waals surface area contributed by atoms with Gasteiger partial charge in [-0.3, -0.25) is 0 Å². The van der Waals surface area contributed by atoms with Gasteiger partial charge in [0.1, 0.15) is 0 Å². The normalized spacial score (nSPS) is 11.3. The number of aromatic amines is 1. The van der Waals surface area contributed by atoms with Crippen molar-refractivity contribution in [1.82, 2.24) is 15.1 Å². The maximum Gasteiger partial charge on any atom is 0.434 e. The summed E-state index contributed by atoms with van der Waals surface area (Å²) in [6.45, 7) is 6.87. The van der Waals surface area contributed by atoms with Crippen LogP contribution in [0.15, 0.2) is 33.5 Å². The van der Waals surface area contributed by atoms with Gasteiger partial charge in [-0.05, 0) is 51.8 Å². The molecule has 1 heterocycles. The van der Waals surface area contributed by atoms with Crippen molar-refractivity contribution in [2.45, 2.75) is 39.2 Å². The number of hydrogen-bond donors (Lipinski definition) is 3. The summed E-state index contributed by atoms with van der Waals surface area (Å²) < 4.78 is 4.94. The van der Waals surface area contributed by atoms with E-state index in [4.69, 9.17) is 4.42 Å². The second-order valence-electron chi connectivity index (χ2n) is 6.74. The highest BCUT2D eigenvalue weighted by atomic mass is 16.4. The molecule has 25 heavy (non-hydrogen) atoms. The molecular formula is C17H24N4O4. The monoisotopic (exact) mass is 348 g/mol. The second-order valence-corrected chi connectivity index (χ2v) is 6.74. The van der Waals surface area contributed by atoms with Gasteiger partial charge in [-0.2, -0.15) is 0 Å². The summed E-state index contributed by atoms with van der Waals surface area (Å²) in [6.07, 6.45) is 0.708. The Bertz CT molecular complexity index is 760. The van der Waals surface area contributed by atoms with E-state index in [-0.39, 0.29) is 5.89 Å². The molecule has 0 spiro atoms. The van der Waals surface area contributed by atoms with Gasteiger partial charge >= 0.3 is 11.8 Å². The van der Waals surface area contributed by atoms with E-state index in [1.165, 1.54) is 4.90 Å². The first-order valence-electron chi connectivity index (χ1n) is 8.18. The minimum atomic E-state index is -0.895. The first-order chi connectivity index (χ1) is 11.8. The van der Waals surface area contributed by atoms with Gasteiger partial charge in [0.05, 0.1) is 0 Å². The van der Waals surface area contributed by atoms with Crippen molar-refractivity contribution in [1.29, 1.82) is 0 Å². The Morgan fingerprint density at radius 3 is 2.72 bits per heavy atom. The van der Waals surface area contributed by atoms with Gasteiger partial charge in [0.15, 0.2) is 0 Å². The van der Waals surface area contributed by atoms with Crippen LogP contribution in [0, 0.1) is 0 Å². The number of hydrogen-bond acceptors (Lipinski definition) is 5. The van der Waals surface area contributed by atoms with Crippen molar-refractivity contribution in [3.05, 3.63) is 34.8 Å². The third-order valence-electron chi connectivity index (χ3n) is 3.73. The molecule has 2 aromatic rings. The molecule has 0 aliphatic carbocycles. The number of carboxylic acid groups (broad SMARTS) is 1. The quantitative estimate of drug-likeness (QED) is 0.663. The zero-order valence-corrected chi connectivity index (χ0v) is 14.7. The van der Waals surface area contributed by atoms with E-state index >= 15 is 0 Å². The Kier molecular flexibility index (Phi) is 5.84. The largest absolute Gasteiger partial charge is 0.465 e. The lowest BCUT2D eigenvalue weighted by Crippen LogP contribution is -2.45. The highest BCUT2D eigenvalue weighted by molar-refractivity contribution is 5.66. The predicted molar refractivity (Wildman–Crippen MR) is 94.8 cm³/mol. The molecule has 1 aromatic heterocycles. The first-order valence-corrected chi connectivity index (χ1v) is 8.18. The Morgan fingerprint density at radius 1 is 1.36 bits per heavy atom. The van der Waals surface area contributed by atoms with Crippen molar-refractivity contribution in [3.8, 4) is 11.5 Å². The molecular weight excluding hydrogens is 324 g/mol. The number of carbonyl (C=O) groups is 1. The smallest absolute Gasteiger partial charge is 0.434 e. The fourth-order valence-electron chi connectivity index (χ4n) is 2.46. The molecule has 2 rings (SSSR count). The van der Waals surface area contributed by atoms with Gasteiger partial charge in [-0.15, -0.1) is 5.10 Å². The van der Waals surface area contributed by atoms with Crippen LogP contribution in [-0.4, -0.2) is 44.9 Å². The van der Waals surface area contributed by atoms with Gasteiger partial charge in [-0.25, -0.2) is 14.7 Å². The zero-order chi connectivity index (χ0) is 18.4. The average Bonchev–Trinajstić information content (AvgIpc) is 2.96. The molecule has 3 N–H and O–H groups in total. The van der Waals surface area contributed by atoms with Gasteiger partial charge in [0.2, 0.25) is 5.89 Å². The summed E-state index contributed by atoms with van der Waals surface area (Å²) in [5.41, 5.74) is 1.18. The Hall–Kier alpha value is -2.77. The van der Waals surface area contributed by atoms with Crippen molar-refractivity contribution >= 4 is 11.8 Å². The van der Waals surface area contributed by atoms with E-state index in [2.05, 4.69) is 15.5 Å². The number of anilines is 1. The molecule has 0 saturated heterocycles. The van der Waals surface area contributed by atoms with E-state index in [1.54, 1.807) is 6.07 Å². The molecule has 136 valence electrons. The fraction of sp³-hybridized carbons (Fsp3) is 0.471. The Labute approximate surface area is 145 Å². The van der Waals surface area contributed by atoms with E-state index in [9.17, 15) is 14.7 Å². The number of benzene rings is 1. The van der Waals surface area contributed by atoms with Crippen LogP contribution in [0.25, 0.3) is 11.5 Å². The summed E-state index contributed by atoms with van der Waals surface area (Å²) in [6, 6.07) is 7.40. The van der Waals surface area contributed by atoms with Crippen LogP contribution < -0.4 is 11.1 Å². The van der Waals surface area contributed by atoms with Gasteiger partial charge in [0, 0.05) is 29.9 Å². The van der Waals surface area contributed by atoms with Gasteiger partial charge in [0.25, 0.3) is 0 Å². The van der Waals surface area contributed by atoms with Crippen LogP contribution in [0.1, 0.15) is 33.6 Å². The van der Waals surface area contributed by atoms with Gasteiger partial charge in [-0.1, -0.05) is 6.07 Å². The average molecular weight is 348 g/mol. The van der Waals surface area contributed by atoms with Crippen molar-refractivity contribution in [2.24, 2.45) is 0 Å². The highest BCUT2D eigenvalue weighted by Crippen LogP contribution is 2.19. The molecule has 0 unspecified atom stereocenters. The first kappa shape index (κ1) is 18.6. The standard InChI is InChI=1S/C17H24N4O4/c1-17(2,3)21(16(23)24)10-5-4-9-18-13-8-6-7-12(11-13)14-19-20-15(22)25-14/h6-8,11,18H,4-5,9-10H2,1-3H3,(H,20,22)(H,23,24). The number of rotatable bonds is 7. The molecule has 1 aromatic carbocycles. The summed E-state index contributed by atoms with van der Waals surface area (Å²) in [4.78, 5) is 23.7. The van der Waals surface area contributed by atoms with Crippen LogP contribution in [0.4, 0.5) is 10.5 Å². The topological polar surface area (TPSA) is 111 Å². The molecule has 0 aliphatic rings. The van der Waals surface area contributed by atoms with Crippen LogP contribution in [0.2, 0.25) is 0 Å². The molecule has 8 nitrogen and oxygen atoms in total. The number of nitrogens with one attached hydrogen (secondary N) is 2. The maximum atomic E-state index is 11.3.